The fourth-order valence-corrected chi connectivity index (χ4v) is 7.78. The normalized spacial score (nSPS) is 12.6. The maximum atomic E-state index is 12.8. The predicted octanol–water partition coefficient (Wildman–Crippen LogP) is 18.6. The van der Waals surface area contributed by atoms with E-state index in [2.05, 4.69) is 93.7 Å². The fourth-order valence-electron chi connectivity index (χ4n) is 7.78. The monoisotopic (exact) mass is 921 g/mol. The standard InChI is InChI=1S/C60H104O6/c1-4-7-10-13-16-19-22-25-27-29-31-32-35-38-41-44-47-50-53-59(62)65-56-57(55-64-58(61)52-49-46-43-40-37-34-24-21-18-15-12-9-6-3)66-60(63)54-51-48-45-42-39-36-33-30-28-26-23-20-17-14-11-8-5-2/h9,12,15,18,21,24,26-29,31-32,57H,4-8,10-11,13-14,16-17,19-20,22-23,25,30,33-56H2,1-3H3/b12-9+,18-15+,24-21+,28-26+,29-27+,32-31+. The number of allylic oxidation sites excluding steroid dienone is 12. The molecular weight excluding hydrogens is 817 g/mol. The Balaban J connectivity index is 4.42. The molecule has 0 aliphatic heterocycles. The fraction of sp³-hybridized carbons (Fsp3) is 0.750. The molecule has 66 heavy (non-hydrogen) atoms. The van der Waals surface area contributed by atoms with Gasteiger partial charge in [-0.05, 0) is 89.9 Å². The zero-order chi connectivity index (χ0) is 47.9. The molecule has 0 heterocycles. The highest BCUT2D eigenvalue weighted by atomic mass is 16.6. The van der Waals surface area contributed by atoms with E-state index in [1.165, 1.54) is 128 Å². The van der Waals surface area contributed by atoms with Gasteiger partial charge in [-0.1, -0.05) is 235 Å². The van der Waals surface area contributed by atoms with Crippen LogP contribution in [-0.4, -0.2) is 37.2 Å². The highest BCUT2D eigenvalue weighted by molar-refractivity contribution is 5.71. The van der Waals surface area contributed by atoms with Crippen molar-refractivity contribution in [2.45, 2.75) is 277 Å². The molecule has 0 N–H and O–H groups in total. The lowest BCUT2D eigenvalue weighted by atomic mass is 10.1. The quantitative estimate of drug-likeness (QED) is 0.0199. The van der Waals surface area contributed by atoms with Gasteiger partial charge in [0, 0.05) is 19.3 Å². The van der Waals surface area contributed by atoms with Crippen LogP contribution >= 0.6 is 0 Å². The second kappa shape index (κ2) is 54.5. The largest absolute Gasteiger partial charge is 0.462 e. The smallest absolute Gasteiger partial charge is 0.306 e. The van der Waals surface area contributed by atoms with Crippen LogP contribution in [0.25, 0.3) is 0 Å². The Bertz CT molecular complexity index is 1240. The lowest BCUT2D eigenvalue weighted by molar-refractivity contribution is -0.167. The van der Waals surface area contributed by atoms with Gasteiger partial charge in [0.1, 0.15) is 13.2 Å². The third-order valence-electron chi connectivity index (χ3n) is 12.0. The number of carbonyl (C=O) groups is 3. The van der Waals surface area contributed by atoms with Gasteiger partial charge in [-0.15, -0.1) is 0 Å². The molecule has 0 aromatic carbocycles. The maximum absolute atomic E-state index is 12.8. The second-order valence-corrected chi connectivity index (χ2v) is 18.5. The van der Waals surface area contributed by atoms with Crippen LogP contribution in [-0.2, 0) is 28.6 Å². The molecule has 0 aromatic heterocycles. The predicted molar refractivity (Wildman–Crippen MR) is 284 cm³/mol. The molecule has 0 saturated carbocycles. The number of unbranched alkanes of at least 4 members (excludes halogenated alkanes) is 30. The SMILES string of the molecule is CC/C=C/C=C/C=C/CCCCCCCC(=O)OCC(COC(=O)CCCCCCC/C=C/C=C/CCCCCCCCC)OC(=O)CCCCCCCCC/C=C/CCCCCCCC. The minimum Gasteiger partial charge on any atom is -0.462 e. The van der Waals surface area contributed by atoms with E-state index in [4.69, 9.17) is 14.2 Å². The van der Waals surface area contributed by atoms with E-state index in [0.29, 0.717) is 19.3 Å². The maximum Gasteiger partial charge on any atom is 0.306 e. The first-order chi connectivity index (χ1) is 32.5. The minimum atomic E-state index is -0.793. The van der Waals surface area contributed by atoms with E-state index in [1.807, 2.05) is 0 Å². The molecule has 0 spiro atoms. The molecule has 6 heteroatoms. The van der Waals surface area contributed by atoms with Gasteiger partial charge in [-0.2, -0.15) is 0 Å². The molecule has 0 fully saturated rings. The van der Waals surface area contributed by atoms with Crippen molar-refractivity contribution < 1.29 is 28.6 Å². The van der Waals surface area contributed by atoms with E-state index in [1.54, 1.807) is 0 Å². The summed E-state index contributed by atoms with van der Waals surface area (Å²) in [6, 6.07) is 0. The Morgan fingerprint density at radius 3 is 0.970 bits per heavy atom. The number of rotatable bonds is 50. The number of hydrogen-bond donors (Lipinski definition) is 0. The van der Waals surface area contributed by atoms with Crippen LogP contribution < -0.4 is 0 Å². The third kappa shape index (κ3) is 51.8. The Morgan fingerprint density at radius 2 is 0.606 bits per heavy atom. The van der Waals surface area contributed by atoms with Gasteiger partial charge in [0.25, 0.3) is 0 Å². The Kier molecular flexibility index (Phi) is 51.9. The summed E-state index contributed by atoms with van der Waals surface area (Å²) in [4.78, 5) is 38.1. The third-order valence-corrected chi connectivity index (χ3v) is 12.0. The Hall–Kier alpha value is -3.15. The first-order valence-electron chi connectivity index (χ1n) is 28.0. The summed E-state index contributed by atoms with van der Waals surface area (Å²) in [5.74, 6) is -0.925. The van der Waals surface area contributed by atoms with E-state index in [9.17, 15) is 14.4 Å². The van der Waals surface area contributed by atoms with Crippen molar-refractivity contribution in [1.82, 2.24) is 0 Å². The summed E-state index contributed by atoms with van der Waals surface area (Å²) < 4.78 is 16.8. The van der Waals surface area contributed by atoms with Crippen molar-refractivity contribution in [3.8, 4) is 0 Å². The first-order valence-corrected chi connectivity index (χ1v) is 28.0. The van der Waals surface area contributed by atoms with Crippen molar-refractivity contribution in [1.29, 1.82) is 0 Å². The average molecular weight is 921 g/mol. The number of esters is 3. The summed E-state index contributed by atoms with van der Waals surface area (Å²) in [7, 11) is 0. The van der Waals surface area contributed by atoms with Crippen molar-refractivity contribution in [3.63, 3.8) is 0 Å². The van der Waals surface area contributed by atoms with Crippen LogP contribution in [0.3, 0.4) is 0 Å². The highest BCUT2D eigenvalue weighted by Gasteiger charge is 2.19. The zero-order valence-corrected chi connectivity index (χ0v) is 43.4. The van der Waals surface area contributed by atoms with Gasteiger partial charge in [-0.3, -0.25) is 14.4 Å². The Labute approximate surface area is 408 Å². The van der Waals surface area contributed by atoms with Crippen LogP contribution in [0.1, 0.15) is 271 Å². The van der Waals surface area contributed by atoms with E-state index in [0.717, 1.165) is 103 Å². The summed E-state index contributed by atoms with van der Waals surface area (Å²) in [5, 5.41) is 0. The molecule has 0 aliphatic carbocycles. The zero-order valence-electron chi connectivity index (χ0n) is 43.4. The second-order valence-electron chi connectivity index (χ2n) is 18.5. The molecule has 0 bridgehead atoms. The van der Waals surface area contributed by atoms with Crippen molar-refractivity contribution >= 4 is 17.9 Å². The molecule has 6 nitrogen and oxygen atoms in total. The highest BCUT2D eigenvalue weighted by Crippen LogP contribution is 2.15. The molecule has 1 atom stereocenters. The Morgan fingerprint density at radius 1 is 0.318 bits per heavy atom. The topological polar surface area (TPSA) is 78.9 Å². The van der Waals surface area contributed by atoms with Crippen LogP contribution in [0.5, 0.6) is 0 Å². The van der Waals surface area contributed by atoms with Crippen molar-refractivity contribution in [2.75, 3.05) is 13.2 Å². The molecule has 0 radical (unpaired) electrons. The number of carbonyl (C=O) groups excluding carboxylic acids is 3. The van der Waals surface area contributed by atoms with E-state index < -0.39 is 6.10 Å². The van der Waals surface area contributed by atoms with Crippen molar-refractivity contribution in [3.05, 3.63) is 72.9 Å². The van der Waals surface area contributed by atoms with Gasteiger partial charge in [0.05, 0.1) is 0 Å². The van der Waals surface area contributed by atoms with Gasteiger partial charge >= 0.3 is 17.9 Å². The summed E-state index contributed by atoms with van der Waals surface area (Å²) >= 11 is 0. The van der Waals surface area contributed by atoms with E-state index in [-0.39, 0.29) is 31.1 Å². The minimum absolute atomic E-state index is 0.0917. The molecule has 380 valence electrons. The molecule has 1 unspecified atom stereocenters. The number of hydrogen-bond acceptors (Lipinski definition) is 6. The van der Waals surface area contributed by atoms with Crippen LogP contribution in [0.2, 0.25) is 0 Å². The van der Waals surface area contributed by atoms with Gasteiger partial charge in [0.2, 0.25) is 0 Å². The van der Waals surface area contributed by atoms with Crippen LogP contribution in [0, 0.1) is 0 Å². The average Bonchev–Trinajstić information content (AvgIpc) is 3.31. The first kappa shape index (κ1) is 62.8. The summed E-state index contributed by atoms with van der Waals surface area (Å²) in [6.07, 6.45) is 68.9. The molecule has 0 aromatic rings. The molecule has 0 amide bonds. The van der Waals surface area contributed by atoms with Crippen LogP contribution in [0.15, 0.2) is 72.9 Å². The van der Waals surface area contributed by atoms with Gasteiger partial charge in [0.15, 0.2) is 6.10 Å². The molecule has 0 rings (SSSR count). The summed E-state index contributed by atoms with van der Waals surface area (Å²) in [5.41, 5.74) is 0. The number of ether oxygens (including phenoxy) is 3. The van der Waals surface area contributed by atoms with Crippen molar-refractivity contribution in [2.24, 2.45) is 0 Å². The van der Waals surface area contributed by atoms with Gasteiger partial charge in [-0.25, -0.2) is 0 Å². The lowest BCUT2D eigenvalue weighted by Crippen LogP contribution is -2.30. The molecular formula is C60H104O6. The summed E-state index contributed by atoms with van der Waals surface area (Å²) in [6.45, 7) is 6.48. The molecule has 0 aliphatic rings. The van der Waals surface area contributed by atoms with E-state index >= 15 is 0 Å². The molecule has 0 saturated heterocycles. The van der Waals surface area contributed by atoms with Crippen LogP contribution in [0.4, 0.5) is 0 Å². The van der Waals surface area contributed by atoms with Gasteiger partial charge < -0.3 is 14.2 Å². The lowest BCUT2D eigenvalue weighted by Gasteiger charge is -2.18.